The van der Waals surface area contributed by atoms with Crippen molar-refractivity contribution in [2.24, 2.45) is 5.92 Å². The van der Waals surface area contributed by atoms with Crippen LogP contribution in [0.1, 0.15) is 30.9 Å². The van der Waals surface area contributed by atoms with Gasteiger partial charge < -0.3 is 19.1 Å². The molecule has 2 rings (SSSR count). The fourth-order valence-electron chi connectivity index (χ4n) is 3.18. The molecule has 0 aromatic heterocycles. The molecule has 1 aromatic rings. The molecule has 6 nitrogen and oxygen atoms in total. The van der Waals surface area contributed by atoms with Gasteiger partial charge in [-0.15, -0.1) is 0 Å². The first-order valence-corrected chi connectivity index (χ1v) is 8.66. The van der Waals surface area contributed by atoms with Crippen molar-refractivity contribution in [1.29, 1.82) is 0 Å². The molecule has 1 heterocycles. The summed E-state index contributed by atoms with van der Waals surface area (Å²) in [5, 5.41) is 0. The molecule has 138 valence electrons. The molecule has 0 radical (unpaired) electrons. The van der Waals surface area contributed by atoms with Crippen molar-refractivity contribution < 1.29 is 23.8 Å². The number of hydrogen-bond acceptors (Lipinski definition) is 5. The van der Waals surface area contributed by atoms with Crippen molar-refractivity contribution in [3.05, 3.63) is 23.3 Å². The Morgan fingerprint density at radius 2 is 1.92 bits per heavy atom. The van der Waals surface area contributed by atoms with Crippen LogP contribution in [0.5, 0.6) is 11.5 Å². The predicted molar refractivity (Wildman–Crippen MR) is 93.9 cm³/mol. The Balaban J connectivity index is 2.10. The van der Waals surface area contributed by atoms with Crippen LogP contribution in [0.2, 0.25) is 0 Å². The van der Waals surface area contributed by atoms with E-state index >= 15 is 0 Å². The highest BCUT2D eigenvalue weighted by Gasteiger charge is 2.29. The third-order valence-corrected chi connectivity index (χ3v) is 4.53. The van der Waals surface area contributed by atoms with Crippen molar-refractivity contribution in [3.63, 3.8) is 0 Å². The number of likely N-dealkylation sites (tertiary alicyclic amines) is 1. The molecular weight excluding hydrogens is 322 g/mol. The number of carbonyl (C=O) groups is 2. The quantitative estimate of drug-likeness (QED) is 0.738. The Morgan fingerprint density at radius 3 is 2.56 bits per heavy atom. The lowest BCUT2D eigenvalue weighted by atomic mass is 9.97. The zero-order valence-corrected chi connectivity index (χ0v) is 15.5. The van der Waals surface area contributed by atoms with Crippen LogP contribution in [0.25, 0.3) is 0 Å². The second-order valence-corrected chi connectivity index (χ2v) is 6.24. The van der Waals surface area contributed by atoms with Crippen molar-refractivity contribution in [3.8, 4) is 11.5 Å². The molecule has 1 unspecified atom stereocenters. The molecule has 6 heteroatoms. The predicted octanol–water partition coefficient (Wildman–Crippen LogP) is 2.36. The maximum absolute atomic E-state index is 12.7. The lowest BCUT2D eigenvalue weighted by Gasteiger charge is -2.31. The van der Waals surface area contributed by atoms with Gasteiger partial charge in [0.05, 0.1) is 33.2 Å². The number of nitrogens with zero attached hydrogens (tertiary/aromatic N) is 1. The van der Waals surface area contributed by atoms with Crippen LogP contribution in [-0.4, -0.2) is 50.7 Å². The van der Waals surface area contributed by atoms with E-state index in [1.165, 1.54) is 0 Å². The molecule has 1 aliphatic rings. The fraction of sp³-hybridized carbons (Fsp3) is 0.579. The van der Waals surface area contributed by atoms with Gasteiger partial charge in [0.25, 0.3) is 0 Å². The van der Waals surface area contributed by atoms with E-state index in [1.807, 2.05) is 19.1 Å². The maximum atomic E-state index is 12.7. The largest absolute Gasteiger partial charge is 0.496 e. The zero-order chi connectivity index (χ0) is 18.4. The molecule has 0 spiro atoms. The van der Waals surface area contributed by atoms with Gasteiger partial charge in [-0.3, -0.25) is 9.59 Å². The van der Waals surface area contributed by atoms with Crippen LogP contribution in [0.3, 0.4) is 0 Å². The average molecular weight is 349 g/mol. The molecule has 1 aliphatic heterocycles. The number of amides is 1. The average Bonchev–Trinajstić information content (AvgIpc) is 2.63. The molecule has 0 N–H and O–H groups in total. The van der Waals surface area contributed by atoms with Gasteiger partial charge in [0, 0.05) is 18.7 Å². The molecule has 1 fully saturated rings. The number of esters is 1. The van der Waals surface area contributed by atoms with Crippen LogP contribution in [0, 0.1) is 12.8 Å². The summed E-state index contributed by atoms with van der Waals surface area (Å²) in [6.07, 6.45) is 1.79. The van der Waals surface area contributed by atoms with Gasteiger partial charge in [0.15, 0.2) is 0 Å². The Bertz CT molecular complexity index is 628. The summed E-state index contributed by atoms with van der Waals surface area (Å²) in [6.45, 7) is 5.18. The highest BCUT2D eigenvalue weighted by atomic mass is 16.5. The number of ether oxygens (including phenoxy) is 3. The van der Waals surface area contributed by atoms with Crippen LogP contribution >= 0.6 is 0 Å². The van der Waals surface area contributed by atoms with E-state index < -0.39 is 0 Å². The van der Waals surface area contributed by atoms with Crippen molar-refractivity contribution in [2.75, 3.05) is 33.9 Å². The number of rotatable bonds is 6. The highest BCUT2D eigenvalue weighted by Crippen LogP contribution is 2.29. The van der Waals surface area contributed by atoms with Gasteiger partial charge >= 0.3 is 5.97 Å². The lowest BCUT2D eigenvalue weighted by Crippen LogP contribution is -2.43. The van der Waals surface area contributed by atoms with Gasteiger partial charge in [0.2, 0.25) is 5.91 Å². The Kier molecular flexibility index (Phi) is 6.67. The van der Waals surface area contributed by atoms with Crippen molar-refractivity contribution in [2.45, 2.75) is 33.1 Å². The SMILES string of the molecule is CCOC(=O)C1CCCN(C(=O)Cc2cc(OC)c(C)cc2OC)C1. The number of benzene rings is 1. The minimum Gasteiger partial charge on any atom is -0.496 e. The fourth-order valence-corrected chi connectivity index (χ4v) is 3.18. The van der Waals surface area contributed by atoms with E-state index in [2.05, 4.69) is 0 Å². The highest BCUT2D eigenvalue weighted by molar-refractivity contribution is 5.81. The Labute approximate surface area is 149 Å². The van der Waals surface area contributed by atoms with E-state index in [0.717, 1.165) is 29.7 Å². The van der Waals surface area contributed by atoms with Crippen molar-refractivity contribution >= 4 is 11.9 Å². The molecule has 1 saturated heterocycles. The normalized spacial score (nSPS) is 17.1. The summed E-state index contributed by atoms with van der Waals surface area (Å²) in [6, 6.07) is 3.72. The van der Waals surface area contributed by atoms with Gasteiger partial charge in [0.1, 0.15) is 11.5 Å². The first-order chi connectivity index (χ1) is 12.0. The lowest BCUT2D eigenvalue weighted by molar-refractivity contribution is -0.151. The summed E-state index contributed by atoms with van der Waals surface area (Å²) in [7, 11) is 3.20. The van der Waals surface area contributed by atoms with Crippen LogP contribution in [-0.2, 0) is 20.7 Å². The number of piperidine rings is 1. The van der Waals surface area contributed by atoms with Crippen molar-refractivity contribution in [1.82, 2.24) is 4.90 Å². The first kappa shape index (κ1) is 19.1. The summed E-state index contributed by atoms with van der Waals surface area (Å²) in [5.41, 5.74) is 1.74. The van der Waals surface area contributed by atoms with Gasteiger partial charge in [-0.2, -0.15) is 0 Å². The molecule has 0 bridgehead atoms. The summed E-state index contributed by atoms with van der Waals surface area (Å²) < 4.78 is 15.8. The summed E-state index contributed by atoms with van der Waals surface area (Å²) in [4.78, 5) is 26.4. The molecule has 0 saturated carbocycles. The maximum Gasteiger partial charge on any atom is 0.310 e. The van der Waals surface area contributed by atoms with Gasteiger partial charge in [-0.1, -0.05) is 0 Å². The number of carbonyl (C=O) groups excluding carboxylic acids is 2. The summed E-state index contributed by atoms with van der Waals surface area (Å²) in [5.74, 6) is 0.942. The Morgan fingerprint density at radius 1 is 1.20 bits per heavy atom. The van der Waals surface area contributed by atoms with E-state index in [-0.39, 0.29) is 24.2 Å². The van der Waals surface area contributed by atoms with Crippen LogP contribution in [0.15, 0.2) is 12.1 Å². The molecule has 1 aromatic carbocycles. The van der Waals surface area contributed by atoms with E-state index in [0.29, 0.717) is 25.4 Å². The van der Waals surface area contributed by atoms with Gasteiger partial charge in [-0.25, -0.2) is 0 Å². The molecule has 1 amide bonds. The monoisotopic (exact) mass is 349 g/mol. The topological polar surface area (TPSA) is 65.1 Å². The Hall–Kier alpha value is -2.24. The standard InChI is InChI=1S/C19H27NO5/c1-5-25-19(22)14-7-6-8-20(12-14)18(21)11-15-10-16(23-3)13(2)9-17(15)24-4/h9-10,14H,5-8,11-12H2,1-4H3. The van der Waals surface area contributed by atoms with E-state index in [1.54, 1.807) is 26.0 Å². The van der Waals surface area contributed by atoms with Crippen LogP contribution < -0.4 is 9.47 Å². The first-order valence-electron chi connectivity index (χ1n) is 8.66. The minimum atomic E-state index is -0.230. The number of aryl methyl sites for hydroxylation is 1. The van der Waals surface area contributed by atoms with E-state index in [9.17, 15) is 9.59 Å². The second-order valence-electron chi connectivity index (χ2n) is 6.24. The van der Waals surface area contributed by atoms with E-state index in [4.69, 9.17) is 14.2 Å². The number of hydrogen-bond donors (Lipinski definition) is 0. The number of methoxy groups -OCH3 is 2. The third-order valence-electron chi connectivity index (χ3n) is 4.53. The third kappa shape index (κ3) is 4.65. The second kappa shape index (κ2) is 8.74. The molecule has 0 aliphatic carbocycles. The molecule has 25 heavy (non-hydrogen) atoms. The smallest absolute Gasteiger partial charge is 0.310 e. The molecular formula is C19H27NO5. The van der Waals surface area contributed by atoms with Gasteiger partial charge in [-0.05, 0) is 44.4 Å². The zero-order valence-electron chi connectivity index (χ0n) is 15.5. The molecule has 1 atom stereocenters. The van der Waals surface area contributed by atoms with Crippen LogP contribution in [0.4, 0.5) is 0 Å². The minimum absolute atomic E-state index is 0.0156. The summed E-state index contributed by atoms with van der Waals surface area (Å²) >= 11 is 0.